The van der Waals surface area contributed by atoms with E-state index in [0.717, 1.165) is 5.69 Å². The summed E-state index contributed by atoms with van der Waals surface area (Å²) in [6, 6.07) is 1.96. The molecule has 5 heteroatoms. The number of carboxylic acids is 1. The maximum Gasteiger partial charge on any atom is 0.303 e. The Morgan fingerprint density at radius 2 is 2.15 bits per heavy atom. The number of hydrogen-bond acceptors (Lipinski definition) is 3. The molecule has 0 amide bonds. The Balaban J connectivity index is 0. The summed E-state index contributed by atoms with van der Waals surface area (Å²) in [7, 11) is 0. The minimum absolute atomic E-state index is 0. The molecule has 0 aromatic carbocycles. The van der Waals surface area contributed by atoms with Gasteiger partial charge in [-0.2, -0.15) is 0 Å². The summed E-state index contributed by atoms with van der Waals surface area (Å²) >= 11 is 1.68. The first kappa shape index (κ1) is 14.8. The van der Waals surface area contributed by atoms with Crippen LogP contribution < -0.4 is 5.73 Å². The molecule has 0 aliphatic heterocycles. The second kappa shape index (κ2) is 7.89. The monoisotopic (exact) mass is 223 g/mol. The predicted molar refractivity (Wildman–Crippen MR) is 58.6 cm³/mol. The zero-order valence-corrected chi connectivity index (χ0v) is 9.24. The van der Waals surface area contributed by atoms with Gasteiger partial charge in [-0.25, -0.2) is 0 Å². The number of carboxylic acid groups (broad SMARTS) is 1. The maximum absolute atomic E-state index is 9.37. The lowest BCUT2D eigenvalue weighted by atomic mass is 10.5. The van der Waals surface area contributed by atoms with Crippen molar-refractivity contribution >= 4 is 35.4 Å². The summed E-state index contributed by atoms with van der Waals surface area (Å²) in [5.74, 6) is -0.745. The van der Waals surface area contributed by atoms with E-state index in [-0.39, 0.29) is 18.8 Å². The van der Waals surface area contributed by atoms with Crippen LogP contribution >= 0.6 is 23.7 Å². The highest BCUT2D eigenvalue weighted by Gasteiger charge is 1.84. The summed E-state index contributed by atoms with van der Waals surface area (Å²) in [6.45, 7) is 3.64. The van der Waals surface area contributed by atoms with Crippen LogP contribution in [-0.4, -0.2) is 11.1 Å². The van der Waals surface area contributed by atoms with Gasteiger partial charge in [-0.3, -0.25) is 4.79 Å². The average molecular weight is 224 g/mol. The SMILES string of the molecule is CCC(=O)O.Cc1cc(N)cs1.Cl. The fraction of sp³-hybridized carbons (Fsp3) is 0.375. The van der Waals surface area contributed by atoms with Crippen molar-refractivity contribution in [3.8, 4) is 0 Å². The molecule has 0 aliphatic carbocycles. The van der Waals surface area contributed by atoms with E-state index in [4.69, 9.17) is 10.8 Å². The summed E-state index contributed by atoms with van der Waals surface area (Å²) in [4.78, 5) is 10.6. The molecule has 0 aliphatic rings. The van der Waals surface area contributed by atoms with Gasteiger partial charge in [-0.15, -0.1) is 23.7 Å². The van der Waals surface area contributed by atoms with E-state index in [1.807, 2.05) is 18.4 Å². The molecule has 0 fully saturated rings. The van der Waals surface area contributed by atoms with E-state index < -0.39 is 5.97 Å². The number of nitrogen functional groups attached to an aromatic ring is 1. The van der Waals surface area contributed by atoms with E-state index in [2.05, 4.69) is 0 Å². The van der Waals surface area contributed by atoms with Crippen LogP contribution in [0.15, 0.2) is 11.4 Å². The van der Waals surface area contributed by atoms with Gasteiger partial charge in [0.15, 0.2) is 0 Å². The van der Waals surface area contributed by atoms with Gasteiger partial charge in [0.1, 0.15) is 0 Å². The fourth-order valence-electron chi connectivity index (χ4n) is 0.464. The third-order valence-corrected chi connectivity index (χ3v) is 1.93. The fourth-order valence-corrected chi connectivity index (χ4v) is 1.06. The van der Waals surface area contributed by atoms with Crippen LogP contribution in [0.2, 0.25) is 0 Å². The molecule has 1 aromatic heterocycles. The Morgan fingerprint density at radius 1 is 1.69 bits per heavy atom. The Hall–Kier alpha value is -0.740. The maximum atomic E-state index is 9.37. The zero-order chi connectivity index (χ0) is 9.56. The van der Waals surface area contributed by atoms with Crippen LogP contribution in [-0.2, 0) is 4.79 Å². The number of rotatable bonds is 1. The quantitative estimate of drug-likeness (QED) is 0.769. The van der Waals surface area contributed by atoms with Crippen molar-refractivity contribution < 1.29 is 9.90 Å². The molecule has 3 nitrogen and oxygen atoms in total. The number of aliphatic carboxylic acids is 1. The van der Waals surface area contributed by atoms with Gasteiger partial charge >= 0.3 is 5.97 Å². The number of halogens is 1. The first-order chi connectivity index (χ1) is 5.56. The standard InChI is InChI=1S/C5H7NS.C3H6O2.ClH/c1-4-2-5(6)3-7-4;1-2-3(4)5;/h2-3H,6H2,1H3;2H2,1H3,(H,4,5);1H. The summed E-state index contributed by atoms with van der Waals surface area (Å²) in [5, 5.41) is 9.66. The smallest absolute Gasteiger partial charge is 0.303 e. The molecule has 0 saturated heterocycles. The van der Waals surface area contributed by atoms with Crippen molar-refractivity contribution in [1.82, 2.24) is 0 Å². The molecule has 0 radical (unpaired) electrons. The highest BCUT2D eigenvalue weighted by molar-refractivity contribution is 7.10. The average Bonchev–Trinajstić information content (AvgIpc) is 2.36. The summed E-state index contributed by atoms with van der Waals surface area (Å²) in [5.41, 5.74) is 6.27. The van der Waals surface area contributed by atoms with E-state index in [0.29, 0.717) is 0 Å². The van der Waals surface area contributed by atoms with E-state index >= 15 is 0 Å². The van der Waals surface area contributed by atoms with Crippen LogP contribution in [0, 0.1) is 6.92 Å². The molecule has 1 heterocycles. The molecule has 0 atom stereocenters. The van der Waals surface area contributed by atoms with Gasteiger partial charge in [0.05, 0.1) is 0 Å². The minimum atomic E-state index is -0.745. The highest BCUT2D eigenvalue weighted by Crippen LogP contribution is 2.13. The highest BCUT2D eigenvalue weighted by atomic mass is 35.5. The molecule has 0 saturated carbocycles. The van der Waals surface area contributed by atoms with Crippen LogP contribution in [0.5, 0.6) is 0 Å². The number of hydrogen-bond donors (Lipinski definition) is 2. The third-order valence-electron chi connectivity index (χ3n) is 1.05. The topological polar surface area (TPSA) is 63.3 Å². The summed E-state index contributed by atoms with van der Waals surface area (Å²) in [6.07, 6.45) is 0.222. The molecular weight excluding hydrogens is 210 g/mol. The minimum Gasteiger partial charge on any atom is -0.481 e. The van der Waals surface area contributed by atoms with Gasteiger partial charge < -0.3 is 10.8 Å². The first-order valence-electron chi connectivity index (χ1n) is 3.58. The largest absolute Gasteiger partial charge is 0.481 e. The van der Waals surface area contributed by atoms with Crippen molar-refractivity contribution in [2.24, 2.45) is 0 Å². The van der Waals surface area contributed by atoms with Crippen molar-refractivity contribution in [2.45, 2.75) is 20.3 Å². The molecule has 3 N–H and O–H groups in total. The Labute approximate surface area is 88.0 Å². The number of aryl methyl sites for hydroxylation is 1. The van der Waals surface area contributed by atoms with Gasteiger partial charge in [-0.1, -0.05) is 6.92 Å². The summed E-state index contributed by atoms with van der Waals surface area (Å²) < 4.78 is 0. The normalized spacial score (nSPS) is 7.85. The van der Waals surface area contributed by atoms with Crippen molar-refractivity contribution in [3.63, 3.8) is 0 Å². The van der Waals surface area contributed by atoms with Crippen molar-refractivity contribution in [1.29, 1.82) is 0 Å². The Kier molecular flexibility index (Phi) is 8.96. The predicted octanol–water partition coefficient (Wildman–Crippen LogP) is 2.54. The second-order valence-corrected chi connectivity index (χ2v) is 3.35. The second-order valence-electron chi connectivity index (χ2n) is 2.24. The van der Waals surface area contributed by atoms with Crippen LogP contribution in [0.4, 0.5) is 5.69 Å². The lowest BCUT2D eigenvalue weighted by Crippen LogP contribution is -1.86. The van der Waals surface area contributed by atoms with Crippen molar-refractivity contribution in [2.75, 3.05) is 5.73 Å². The molecule has 0 spiro atoms. The number of nitrogens with two attached hydrogens (primary N) is 1. The number of carbonyl (C=O) groups is 1. The number of anilines is 1. The van der Waals surface area contributed by atoms with Crippen LogP contribution in [0.3, 0.4) is 0 Å². The van der Waals surface area contributed by atoms with Gasteiger partial charge in [0.25, 0.3) is 0 Å². The van der Waals surface area contributed by atoms with E-state index in [1.54, 1.807) is 18.3 Å². The molecule has 1 rings (SSSR count). The molecule has 0 unspecified atom stereocenters. The van der Waals surface area contributed by atoms with Crippen molar-refractivity contribution in [3.05, 3.63) is 16.3 Å². The Bertz CT molecular complexity index is 234. The molecule has 0 bridgehead atoms. The Morgan fingerprint density at radius 3 is 2.23 bits per heavy atom. The lowest BCUT2D eigenvalue weighted by Gasteiger charge is -1.72. The zero-order valence-electron chi connectivity index (χ0n) is 7.61. The molecule has 1 aromatic rings. The van der Waals surface area contributed by atoms with Crippen LogP contribution in [0.1, 0.15) is 18.2 Å². The van der Waals surface area contributed by atoms with Crippen LogP contribution in [0.25, 0.3) is 0 Å². The van der Waals surface area contributed by atoms with E-state index in [9.17, 15) is 4.79 Å². The number of thiophene rings is 1. The molecule has 13 heavy (non-hydrogen) atoms. The van der Waals surface area contributed by atoms with Gasteiger partial charge in [0, 0.05) is 22.4 Å². The van der Waals surface area contributed by atoms with E-state index in [1.165, 1.54) is 4.88 Å². The van der Waals surface area contributed by atoms with Gasteiger partial charge in [-0.05, 0) is 13.0 Å². The third kappa shape index (κ3) is 9.17. The van der Waals surface area contributed by atoms with Gasteiger partial charge in [0.2, 0.25) is 0 Å². The molecule has 76 valence electrons. The molecular formula is C8H14ClNO2S. The first-order valence-corrected chi connectivity index (χ1v) is 4.46. The lowest BCUT2D eigenvalue weighted by molar-refractivity contribution is -0.136.